The molecule has 2 heteroatoms. The van der Waals surface area contributed by atoms with Gasteiger partial charge >= 0.3 is 0 Å². The molecule has 0 saturated carbocycles. The van der Waals surface area contributed by atoms with Crippen LogP contribution in [-0.4, -0.2) is 0 Å². The molecule has 0 bridgehead atoms. The third-order valence-corrected chi connectivity index (χ3v) is 1.61. The Morgan fingerprint density at radius 1 is 0.938 bits per heavy atom. The molecule has 0 atom stereocenters. The molecule has 0 unspecified atom stereocenters. The Bertz CT molecular complexity index is 366. The molecule has 0 spiro atoms. The van der Waals surface area contributed by atoms with Gasteiger partial charge in [0.1, 0.15) is 0 Å². The van der Waals surface area contributed by atoms with Crippen molar-refractivity contribution >= 4 is 0 Å². The van der Waals surface area contributed by atoms with E-state index in [-0.39, 0.29) is 0 Å². The first-order valence-electron chi connectivity index (χ1n) is 5.11. The van der Waals surface area contributed by atoms with Crippen LogP contribution in [0.25, 0.3) is 0 Å². The largest absolute Gasteiger partial charge is 0.151 e. The maximum atomic E-state index is 4.10. The number of hydrogen-bond donors (Lipinski definition) is 0. The Labute approximate surface area is 97.8 Å². The fraction of sp³-hybridized carbons (Fsp3) is 0.143. The Morgan fingerprint density at radius 2 is 1.62 bits per heavy atom. The summed E-state index contributed by atoms with van der Waals surface area (Å²) in [5.41, 5.74) is 1.56. The van der Waals surface area contributed by atoms with E-state index in [0.717, 1.165) is 11.4 Å². The molecule has 0 fully saturated rings. The minimum Gasteiger partial charge on any atom is -0.151 e. The lowest BCUT2D eigenvalue weighted by atomic mass is 10.3. The molecule has 0 N–H and O–H groups in total. The summed E-state index contributed by atoms with van der Waals surface area (Å²) in [5, 5.41) is 8.20. The van der Waals surface area contributed by atoms with Crippen LogP contribution in [-0.2, 0) is 0 Å². The molecule has 84 valence electrons. The minimum absolute atomic E-state index is 0.735. The number of hydrogen-bond acceptors (Lipinski definition) is 2. The van der Waals surface area contributed by atoms with E-state index in [0.29, 0.717) is 0 Å². The van der Waals surface area contributed by atoms with Gasteiger partial charge in [-0.3, -0.25) is 0 Å². The molecular weight excluding hydrogens is 196 g/mol. The highest BCUT2D eigenvalue weighted by atomic mass is 15.1. The smallest absolute Gasteiger partial charge is 0.0856 e. The van der Waals surface area contributed by atoms with Gasteiger partial charge in [0.25, 0.3) is 0 Å². The Balaban J connectivity index is 4.81. The second kappa shape index (κ2) is 9.59. The summed E-state index contributed by atoms with van der Waals surface area (Å²) < 4.78 is 0. The normalized spacial score (nSPS) is 14.1. The van der Waals surface area contributed by atoms with Crippen LogP contribution in [0.15, 0.2) is 83.4 Å². The highest BCUT2D eigenvalue weighted by Gasteiger charge is 1.88. The van der Waals surface area contributed by atoms with Crippen LogP contribution >= 0.6 is 0 Å². The van der Waals surface area contributed by atoms with Crippen LogP contribution in [0.4, 0.5) is 0 Å². The first kappa shape index (κ1) is 14.0. The lowest BCUT2D eigenvalue weighted by molar-refractivity contribution is 1.12. The van der Waals surface area contributed by atoms with Crippen LogP contribution in [0, 0.1) is 0 Å². The average Bonchev–Trinajstić information content (AvgIpc) is 2.30. The second-order valence-electron chi connectivity index (χ2n) is 2.84. The summed E-state index contributed by atoms with van der Waals surface area (Å²) in [4.78, 5) is 0. The van der Waals surface area contributed by atoms with E-state index >= 15 is 0 Å². The summed E-state index contributed by atoms with van der Waals surface area (Å²) in [6.07, 6.45) is 14.5. The molecule has 0 amide bonds. The van der Waals surface area contributed by atoms with Crippen molar-refractivity contribution in [3.8, 4) is 0 Å². The second-order valence-corrected chi connectivity index (χ2v) is 2.84. The summed E-state index contributed by atoms with van der Waals surface area (Å²) in [6, 6.07) is 0. The topological polar surface area (TPSA) is 24.7 Å². The van der Waals surface area contributed by atoms with Crippen molar-refractivity contribution in [1.29, 1.82) is 0 Å². The SMILES string of the molecule is C=C\C=C/C(=C\C=C)/N=N\C(\C=C/C)=C\C. The van der Waals surface area contributed by atoms with E-state index in [1.54, 1.807) is 24.3 Å². The molecule has 16 heavy (non-hydrogen) atoms. The van der Waals surface area contributed by atoms with Crippen molar-refractivity contribution in [1.82, 2.24) is 0 Å². The molecule has 0 radical (unpaired) electrons. The molecule has 0 aromatic carbocycles. The van der Waals surface area contributed by atoms with E-state index in [4.69, 9.17) is 0 Å². The third kappa shape index (κ3) is 6.49. The maximum Gasteiger partial charge on any atom is 0.0856 e. The predicted molar refractivity (Wildman–Crippen MR) is 71.0 cm³/mol. The molecule has 0 aromatic rings. The van der Waals surface area contributed by atoms with Crippen LogP contribution in [0.5, 0.6) is 0 Å². The number of azo groups is 1. The van der Waals surface area contributed by atoms with Crippen molar-refractivity contribution in [3.05, 3.63) is 73.2 Å². The Kier molecular flexibility index (Phi) is 8.41. The van der Waals surface area contributed by atoms with Gasteiger partial charge in [-0.1, -0.05) is 43.5 Å². The lowest BCUT2D eigenvalue weighted by Gasteiger charge is -1.92. The zero-order valence-electron chi connectivity index (χ0n) is 9.93. The van der Waals surface area contributed by atoms with Gasteiger partial charge in [0.2, 0.25) is 0 Å². The first-order valence-corrected chi connectivity index (χ1v) is 5.11. The van der Waals surface area contributed by atoms with E-state index < -0.39 is 0 Å². The van der Waals surface area contributed by atoms with Crippen molar-refractivity contribution in [3.63, 3.8) is 0 Å². The molecule has 2 nitrogen and oxygen atoms in total. The molecule has 0 heterocycles. The van der Waals surface area contributed by atoms with Crippen molar-refractivity contribution in [2.24, 2.45) is 10.2 Å². The van der Waals surface area contributed by atoms with E-state index in [9.17, 15) is 0 Å². The van der Waals surface area contributed by atoms with Crippen LogP contribution in [0.1, 0.15) is 13.8 Å². The highest BCUT2D eigenvalue weighted by molar-refractivity contribution is 5.24. The zero-order chi connectivity index (χ0) is 12.2. The number of allylic oxidation sites excluding steroid dienone is 8. The number of rotatable bonds is 6. The summed E-state index contributed by atoms with van der Waals surface area (Å²) >= 11 is 0. The minimum atomic E-state index is 0.735. The predicted octanol–water partition coefficient (Wildman–Crippen LogP) is 4.73. The maximum absolute atomic E-state index is 4.10. The van der Waals surface area contributed by atoms with Gasteiger partial charge in [-0.25, -0.2) is 0 Å². The molecule has 0 rings (SSSR count). The molecule has 0 aliphatic carbocycles. The van der Waals surface area contributed by atoms with Crippen LogP contribution in [0.2, 0.25) is 0 Å². The van der Waals surface area contributed by atoms with Crippen molar-refractivity contribution in [2.45, 2.75) is 13.8 Å². The summed E-state index contributed by atoms with van der Waals surface area (Å²) in [7, 11) is 0. The zero-order valence-corrected chi connectivity index (χ0v) is 9.93. The van der Waals surface area contributed by atoms with Crippen molar-refractivity contribution < 1.29 is 0 Å². The first-order chi connectivity index (χ1) is 7.78. The number of nitrogens with zero attached hydrogens (tertiary/aromatic N) is 2. The quantitative estimate of drug-likeness (QED) is 0.451. The standard InChI is InChI=1S/C14H18N2/c1-5-9-12-14(11-7-3)16-15-13(8-4)10-6-2/h5-12H,1,3H2,2,4H3/b10-6-,12-9-,13-8+,14-11+,16-15-. The van der Waals surface area contributed by atoms with Gasteiger partial charge in [0, 0.05) is 0 Å². The van der Waals surface area contributed by atoms with Gasteiger partial charge in [-0.15, -0.1) is 0 Å². The van der Waals surface area contributed by atoms with Gasteiger partial charge < -0.3 is 0 Å². The highest BCUT2D eigenvalue weighted by Crippen LogP contribution is 2.06. The Morgan fingerprint density at radius 3 is 2.12 bits per heavy atom. The fourth-order valence-corrected chi connectivity index (χ4v) is 0.883. The van der Waals surface area contributed by atoms with E-state index in [1.807, 2.05) is 38.2 Å². The monoisotopic (exact) mass is 214 g/mol. The average molecular weight is 214 g/mol. The lowest BCUT2D eigenvalue weighted by Crippen LogP contribution is -1.73. The van der Waals surface area contributed by atoms with Crippen LogP contribution in [0.3, 0.4) is 0 Å². The van der Waals surface area contributed by atoms with Gasteiger partial charge in [-0.05, 0) is 32.1 Å². The summed E-state index contributed by atoms with van der Waals surface area (Å²) in [5.74, 6) is 0. The van der Waals surface area contributed by atoms with E-state index in [1.165, 1.54) is 0 Å². The molecule has 0 aromatic heterocycles. The van der Waals surface area contributed by atoms with Gasteiger partial charge in [0.05, 0.1) is 11.4 Å². The fourth-order valence-electron chi connectivity index (χ4n) is 0.883. The molecular formula is C14H18N2. The van der Waals surface area contributed by atoms with E-state index in [2.05, 4.69) is 23.4 Å². The molecule has 0 saturated heterocycles. The van der Waals surface area contributed by atoms with Gasteiger partial charge in [0.15, 0.2) is 0 Å². The molecule has 0 aliphatic rings. The summed E-state index contributed by atoms with van der Waals surface area (Å²) in [6.45, 7) is 11.1. The molecule has 0 aliphatic heterocycles. The van der Waals surface area contributed by atoms with Gasteiger partial charge in [-0.2, -0.15) is 10.2 Å². The van der Waals surface area contributed by atoms with Crippen molar-refractivity contribution in [2.75, 3.05) is 0 Å². The third-order valence-electron chi connectivity index (χ3n) is 1.61. The Hall–Kier alpha value is -1.96. The van der Waals surface area contributed by atoms with Crippen LogP contribution < -0.4 is 0 Å².